The van der Waals surface area contributed by atoms with E-state index in [4.69, 9.17) is 0 Å². The van der Waals surface area contributed by atoms with Gasteiger partial charge in [-0.05, 0) is 52.7 Å². The number of ether oxygens (including phenoxy) is 1. The highest BCUT2D eigenvalue weighted by Gasteiger charge is 2.10. The van der Waals surface area contributed by atoms with Gasteiger partial charge in [0, 0.05) is 22.4 Å². The lowest BCUT2D eigenvalue weighted by Gasteiger charge is -2.06. The Morgan fingerprint density at radius 3 is 2.88 bits per heavy atom. The first-order valence-corrected chi connectivity index (χ1v) is 9.22. The van der Waals surface area contributed by atoms with Gasteiger partial charge in [-0.25, -0.2) is 0 Å². The van der Waals surface area contributed by atoms with E-state index in [2.05, 4.69) is 31.1 Å². The Labute approximate surface area is 156 Å². The largest absolute Gasteiger partial charge is 0.468 e. The first-order chi connectivity index (χ1) is 12.0. The number of halogens is 1. The number of aryl methyl sites for hydroxylation is 1. The van der Waals surface area contributed by atoms with Gasteiger partial charge in [0.2, 0.25) is 5.91 Å². The molecule has 0 aliphatic carbocycles. The van der Waals surface area contributed by atoms with Gasteiger partial charge in [0.15, 0.2) is 0 Å². The van der Waals surface area contributed by atoms with Crippen molar-refractivity contribution >= 4 is 55.7 Å². The van der Waals surface area contributed by atoms with Gasteiger partial charge in [-0.2, -0.15) is 5.10 Å². The van der Waals surface area contributed by atoms with E-state index in [9.17, 15) is 9.59 Å². The molecule has 0 aliphatic heterocycles. The van der Waals surface area contributed by atoms with Crippen LogP contribution in [0.3, 0.4) is 0 Å². The number of amides is 1. The molecule has 1 N–H and O–H groups in total. The van der Waals surface area contributed by atoms with Crippen LogP contribution in [0.15, 0.2) is 40.3 Å². The fraction of sp³-hybridized carbons (Fsp3) is 0.235. The number of carbonyl (C=O) groups excluding carboxylic acids is 2. The lowest BCUT2D eigenvalue weighted by Crippen LogP contribution is -2.13. The van der Waals surface area contributed by atoms with E-state index in [1.807, 2.05) is 30.3 Å². The fourth-order valence-electron chi connectivity index (χ4n) is 2.41. The molecule has 0 aliphatic rings. The molecule has 0 fully saturated rings. The number of thiophene rings is 1. The average Bonchev–Trinajstić information content (AvgIpc) is 3.19. The summed E-state index contributed by atoms with van der Waals surface area (Å²) in [6.07, 6.45) is 2.79. The van der Waals surface area contributed by atoms with Crippen molar-refractivity contribution in [1.82, 2.24) is 9.78 Å². The number of carbonyl (C=O) groups is 2. The highest BCUT2D eigenvalue weighted by atomic mass is 79.9. The van der Waals surface area contributed by atoms with Gasteiger partial charge >= 0.3 is 5.97 Å². The number of benzene rings is 1. The van der Waals surface area contributed by atoms with Crippen LogP contribution in [0.2, 0.25) is 0 Å². The Bertz CT molecular complexity index is 919. The van der Waals surface area contributed by atoms with E-state index >= 15 is 0 Å². The van der Waals surface area contributed by atoms with Gasteiger partial charge in [-0.1, -0.05) is 0 Å². The van der Waals surface area contributed by atoms with Gasteiger partial charge in [0.1, 0.15) is 6.54 Å². The minimum Gasteiger partial charge on any atom is -0.468 e. The molecular weight excluding hydrogens is 406 g/mol. The SMILES string of the molecule is COC(=O)Cn1ncc2ccc(NC(=O)CCc3ccc(Br)s3)cc21. The molecule has 25 heavy (non-hydrogen) atoms. The zero-order valence-corrected chi connectivity index (χ0v) is 15.9. The standard InChI is InChI=1S/C17H16BrN3O3S/c1-24-17(23)10-21-14-8-12(3-2-11(14)9-19-21)20-16(22)7-5-13-4-6-15(18)25-13/h2-4,6,8-9H,5,7,10H2,1H3,(H,20,22). The summed E-state index contributed by atoms with van der Waals surface area (Å²) in [6.45, 7) is 0.0324. The lowest BCUT2D eigenvalue weighted by molar-refractivity contribution is -0.141. The molecule has 0 bridgehead atoms. The predicted molar refractivity (Wildman–Crippen MR) is 101 cm³/mol. The van der Waals surface area contributed by atoms with Crippen LogP contribution in [-0.4, -0.2) is 28.8 Å². The number of esters is 1. The maximum absolute atomic E-state index is 12.2. The normalized spacial score (nSPS) is 10.8. The number of hydrogen-bond donors (Lipinski definition) is 1. The smallest absolute Gasteiger partial charge is 0.327 e. The van der Waals surface area contributed by atoms with E-state index in [0.29, 0.717) is 18.5 Å². The number of methoxy groups -OCH3 is 1. The summed E-state index contributed by atoms with van der Waals surface area (Å²) in [5.74, 6) is -0.426. The summed E-state index contributed by atoms with van der Waals surface area (Å²) in [7, 11) is 1.34. The summed E-state index contributed by atoms with van der Waals surface area (Å²) >= 11 is 5.05. The highest BCUT2D eigenvalue weighted by Crippen LogP contribution is 2.23. The first-order valence-electron chi connectivity index (χ1n) is 7.61. The molecule has 0 atom stereocenters. The molecule has 0 unspecified atom stereocenters. The van der Waals surface area contributed by atoms with Crippen molar-refractivity contribution in [3.8, 4) is 0 Å². The summed E-state index contributed by atoms with van der Waals surface area (Å²) in [4.78, 5) is 24.8. The van der Waals surface area contributed by atoms with Crippen LogP contribution in [0, 0.1) is 0 Å². The Balaban J connectivity index is 1.67. The second-order valence-corrected chi connectivity index (χ2v) is 7.95. The zero-order chi connectivity index (χ0) is 17.8. The van der Waals surface area contributed by atoms with E-state index in [-0.39, 0.29) is 18.4 Å². The van der Waals surface area contributed by atoms with Crippen LogP contribution in [0.4, 0.5) is 5.69 Å². The maximum atomic E-state index is 12.2. The Morgan fingerprint density at radius 2 is 2.16 bits per heavy atom. The number of anilines is 1. The maximum Gasteiger partial charge on any atom is 0.327 e. The fourth-order valence-corrected chi connectivity index (χ4v) is 3.89. The molecule has 0 spiro atoms. The van der Waals surface area contributed by atoms with Gasteiger partial charge in [-0.3, -0.25) is 14.3 Å². The number of aromatic nitrogens is 2. The molecule has 0 radical (unpaired) electrons. The van der Waals surface area contributed by atoms with Gasteiger partial charge < -0.3 is 10.1 Å². The molecular formula is C17H16BrN3O3S. The quantitative estimate of drug-likeness (QED) is 0.616. The lowest BCUT2D eigenvalue weighted by atomic mass is 10.2. The number of rotatable bonds is 6. The van der Waals surface area contributed by atoms with E-state index in [1.165, 1.54) is 7.11 Å². The number of nitrogens with zero attached hydrogens (tertiary/aromatic N) is 2. The molecule has 130 valence electrons. The summed E-state index contributed by atoms with van der Waals surface area (Å²) in [5.41, 5.74) is 1.45. The summed E-state index contributed by atoms with van der Waals surface area (Å²) in [6, 6.07) is 9.49. The topological polar surface area (TPSA) is 73.2 Å². The monoisotopic (exact) mass is 421 g/mol. The van der Waals surface area contributed by atoms with Crippen LogP contribution in [0.25, 0.3) is 10.9 Å². The molecule has 2 aromatic heterocycles. The second kappa shape index (κ2) is 7.79. The molecule has 0 saturated carbocycles. The van der Waals surface area contributed by atoms with Crippen molar-refractivity contribution < 1.29 is 14.3 Å². The predicted octanol–water partition coefficient (Wildman–Crippen LogP) is 3.60. The minimum absolute atomic E-state index is 0.0324. The third kappa shape index (κ3) is 4.46. The van der Waals surface area contributed by atoms with Crippen LogP contribution in [-0.2, 0) is 27.3 Å². The Kier molecular flexibility index (Phi) is 5.50. The second-order valence-electron chi connectivity index (χ2n) is 5.41. The van der Waals surface area contributed by atoms with Crippen LogP contribution >= 0.6 is 27.3 Å². The van der Waals surface area contributed by atoms with Crippen molar-refractivity contribution in [1.29, 1.82) is 0 Å². The Hall–Kier alpha value is -2.19. The highest BCUT2D eigenvalue weighted by molar-refractivity contribution is 9.11. The number of fused-ring (bicyclic) bond motifs is 1. The summed E-state index contributed by atoms with van der Waals surface area (Å²) in [5, 5.41) is 7.97. The van der Waals surface area contributed by atoms with Gasteiger partial charge in [-0.15, -0.1) is 11.3 Å². The number of hydrogen-bond acceptors (Lipinski definition) is 5. The third-order valence-electron chi connectivity index (χ3n) is 3.66. The van der Waals surface area contributed by atoms with Gasteiger partial charge in [0.05, 0.1) is 22.6 Å². The van der Waals surface area contributed by atoms with Crippen molar-refractivity contribution in [2.45, 2.75) is 19.4 Å². The molecule has 0 saturated heterocycles. The molecule has 3 aromatic rings. The zero-order valence-electron chi connectivity index (χ0n) is 13.5. The molecule has 8 heteroatoms. The van der Waals surface area contributed by atoms with Crippen molar-refractivity contribution in [3.05, 3.63) is 45.2 Å². The van der Waals surface area contributed by atoms with Gasteiger partial charge in [0.25, 0.3) is 0 Å². The van der Waals surface area contributed by atoms with Crippen molar-refractivity contribution in [2.75, 3.05) is 12.4 Å². The van der Waals surface area contributed by atoms with E-state index in [1.54, 1.807) is 22.2 Å². The Morgan fingerprint density at radius 1 is 1.32 bits per heavy atom. The number of nitrogens with one attached hydrogen (secondary N) is 1. The van der Waals surface area contributed by atoms with Crippen LogP contribution < -0.4 is 5.32 Å². The van der Waals surface area contributed by atoms with Crippen molar-refractivity contribution in [2.24, 2.45) is 0 Å². The van der Waals surface area contributed by atoms with E-state index < -0.39 is 0 Å². The average molecular weight is 422 g/mol. The molecule has 1 aromatic carbocycles. The third-order valence-corrected chi connectivity index (χ3v) is 5.35. The van der Waals surface area contributed by atoms with Crippen LogP contribution in [0.1, 0.15) is 11.3 Å². The summed E-state index contributed by atoms with van der Waals surface area (Å²) < 4.78 is 7.29. The molecule has 3 rings (SSSR count). The molecule has 2 heterocycles. The van der Waals surface area contributed by atoms with E-state index in [0.717, 1.165) is 19.6 Å². The minimum atomic E-state index is -0.374. The first kappa shape index (κ1) is 17.6. The molecule has 6 nitrogen and oxygen atoms in total. The van der Waals surface area contributed by atoms with Crippen molar-refractivity contribution in [3.63, 3.8) is 0 Å². The van der Waals surface area contributed by atoms with Crippen LogP contribution in [0.5, 0.6) is 0 Å². The molecule has 1 amide bonds.